The number of rotatable bonds is 4. The molecule has 0 radical (unpaired) electrons. The van der Waals surface area contributed by atoms with Gasteiger partial charge >= 0.3 is 0 Å². The summed E-state index contributed by atoms with van der Waals surface area (Å²) in [6, 6.07) is 13.3. The molecule has 0 spiro atoms. The molecule has 4 nitrogen and oxygen atoms in total. The number of benzene rings is 2. The molecule has 0 aromatic heterocycles. The van der Waals surface area contributed by atoms with Crippen LogP contribution in [0.15, 0.2) is 46.9 Å². The highest BCUT2D eigenvalue weighted by atomic mass is 79.9. The van der Waals surface area contributed by atoms with E-state index in [0.29, 0.717) is 17.8 Å². The smallest absolute Gasteiger partial charge is 0.253 e. The minimum atomic E-state index is -0.175. The van der Waals surface area contributed by atoms with Crippen LogP contribution in [-0.2, 0) is 6.54 Å². The summed E-state index contributed by atoms with van der Waals surface area (Å²) in [4.78, 5) is 14.2. The molecular formula is C16H18BrN3O. The van der Waals surface area contributed by atoms with Gasteiger partial charge in [0.1, 0.15) is 0 Å². The zero-order chi connectivity index (χ0) is 15.4. The van der Waals surface area contributed by atoms with Crippen LogP contribution >= 0.6 is 15.9 Å². The van der Waals surface area contributed by atoms with Gasteiger partial charge in [0.05, 0.1) is 5.56 Å². The van der Waals surface area contributed by atoms with Crippen molar-refractivity contribution in [2.45, 2.75) is 6.54 Å². The van der Waals surface area contributed by atoms with Crippen LogP contribution in [0.2, 0.25) is 0 Å². The standard InChI is InChI=1S/C16H18BrN3O/c1-20(2)13-6-3-11(4-7-13)10-19-16(21)14-9-12(17)5-8-15(14)18/h3-9H,10,18H2,1-2H3,(H,19,21). The molecule has 110 valence electrons. The van der Waals surface area contributed by atoms with Crippen molar-refractivity contribution in [3.8, 4) is 0 Å². The molecule has 1 amide bonds. The maximum absolute atomic E-state index is 12.1. The van der Waals surface area contributed by atoms with E-state index in [9.17, 15) is 4.79 Å². The van der Waals surface area contributed by atoms with Gasteiger partial charge < -0.3 is 16.0 Å². The predicted octanol–water partition coefficient (Wildman–Crippen LogP) is 3.03. The molecule has 0 heterocycles. The molecule has 0 unspecified atom stereocenters. The molecule has 3 N–H and O–H groups in total. The van der Waals surface area contributed by atoms with Crippen LogP contribution in [0, 0.1) is 0 Å². The van der Waals surface area contributed by atoms with Crippen molar-refractivity contribution in [3.05, 3.63) is 58.1 Å². The summed E-state index contributed by atoms with van der Waals surface area (Å²) in [6.45, 7) is 0.471. The normalized spacial score (nSPS) is 10.2. The lowest BCUT2D eigenvalue weighted by atomic mass is 10.1. The van der Waals surface area contributed by atoms with Gasteiger partial charge in [0.25, 0.3) is 5.91 Å². The Morgan fingerprint density at radius 3 is 2.48 bits per heavy atom. The lowest BCUT2D eigenvalue weighted by Crippen LogP contribution is -2.23. The van der Waals surface area contributed by atoms with E-state index in [1.54, 1.807) is 12.1 Å². The van der Waals surface area contributed by atoms with E-state index in [1.807, 2.05) is 49.3 Å². The van der Waals surface area contributed by atoms with Gasteiger partial charge in [-0.15, -0.1) is 0 Å². The average molecular weight is 348 g/mol. The van der Waals surface area contributed by atoms with Crippen molar-refractivity contribution in [2.75, 3.05) is 24.7 Å². The number of hydrogen-bond donors (Lipinski definition) is 2. The van der Waals surface area contributed by atoms with Crippen LogP contribution < -0.4 is 16.0 Å². The third kappa shape index (κ3) is 3.98. The highest BCUT2D eigenvalue weighted by molar-refractivity contribution is 9.10. The van der Waals surface area contributed by atoms with E-state index in [0.717, 1.165) is 15.7 Å². The zero-order valence-corrected chi connectivity index (χ0v) is 13.6. The maximum Gasteiger partial charge on any atom is 0.253 e. The van der Waals surface area contributed by atoms with E-state index in [4.69, 9.17) is 5.73 Å². The van der Waals surface area contributed by atoms with Gasteiger partial charge in [0.2, 0.25) is 0 Å². The van der Waals surface area contributed by atoms with Crippen molar-refractivity contribution in [1.82, 2.24) is 5.32 Å². The quantitative estimate of drug-likeness (QED) is 0.835. The fourth-order valence-corrected chi connectivity index (χ4v) is 2.28. The van der Waals surface area contributed by atoms with Gasteiger partial charge in [-0.25, -0.2) is 0 Å². The van der Waals surface area contributed by atoms with Crippen molar-refractivity contribution >= 4 is 33.2 Å². The van der Waals surface area contributed by atoms with Crippen molar-refractivity contribution in [1.29, 1.82) is 0 Å². The van der Waals surface area contributed by atoms with Crippen molar-refractivity contribution in [2.24, 2.45) is 0 Å². The lowest BCUT2D eigenvalue weighted by Gasteiger charge is -2.13. The number of carbonyl (C=O) groups is 1. The number of anilines is 2. The molecule has 2 rings (SSSR count). The Labute approximate surface area is 133 Å². The summed E-state index contributed by atoms with van der Waals surface area (Å²) in [5, 5.41) is 2.88. The van der Waals surface area contributed by atoms with Crippen LogP contribution in [0.25, 0.3) is 0 Å². The summed E-state index contributed by atoms with van der Waals surface area (Å²) >= 11 is 3.34. The molecule has 0 aliphatic carbocycles. The average Bonchev–Trinajstić information content (AvgIpc) is 2.47. The van der Waals surface area contributed by atoms with Gasteiger partial charge in [0.15, 0.2) is 0 Å². The topological polar surface area (TPSA) is 58.4 Å². The Kier molecular flexibility index (Phi) is 4.85. The van der Waals surface area contributed by atoms with Crippen molar-refractivity contribution < 1.29 is 4.79 Å². The van der Waals surface area contributed by atoms with Crippen LogP contribution in [0.1, 0.15) is 15.9 Å². The molecule has 0 saturated heterocycles. The number of amides is 1. The molecule has 2 aromatic rings. The number of halogens is 1. The summed E-state index contributed by atoms with van der Waals surface area (Å²) in [7, 11) is 3.99. The van der Waals surface area contributed by atoms with Gasteiger partial charge in [-0.1, -0.05) is 28.1 Å². The summed E-state index contributed by atoms with van der Waals surface area (Å²) in [5.41, 5.74) is 8.95. The first-order valence-corrected chi connectivity index (χ1v) is 7.36. The van der Waals surface area contributed by atoms with Crippen LogP contribution in [0.3, 0.4) is 0 Å². The molecule has 0 fully saturated rings. The fourth-order valence-electron chi connectivity index (χ4n) is 1.91. The monoisotopic (exact) mass is 347 g/mol. The van der Waals surface area contributed by atoms with Gasteiger partial charge in [-0.05, 0) is 35.9 Å². The lowest BCUT2D eigenvalue weighted by molar-refractivity contribution is 0.0951. The van der Waals surface area contributed by atoms with E-state index >= 15 is 0 Å². The highest BCUT2D eigenvalue weighted by Gasteiger charge is 2.09. The van der Waals surface area contributed by atoms with E-state index in [2.05, 4.69) is 21.2 Å². The first-order chi connectivity index (χ1) is 9.97. The van der Waals surface area contributed by atoms with E-state index in [1.165, 1.54) is 0 Å². The number of nitrogens with zero attached hydrogens (tertiary/aromatic N) is 1. The Balaban J connectivity index is 2.02. The van der Waals surface area contributed by atoms with E-state index in [-0.39, 0.29) is 5.91 Å². The SMILES string of the molecule is CN(C)c1ccc(CNC(=O)c2cc(Br)ccc2N)cc1. The molecule has 0 aliphatic heterocycles. The first kappa shape index (κ1) is 15.4. The first-order valence-electron chi connectivity index (χ1n) is 6.57. The van der Waals surface area contributed by atoms with Crippen LogP contribution in [0.4, 0.5) is 11.4 Å². The minimum absolute atomic E-state index is 0.175. The maximum atomic E-state index is 12.1. The molecular weight excluding hydrogens is 330 g/mol. The minimum Gasteiger partial charge on any atom is -0.398 e. The largest absolute Gasteiger partial charge is 0.398 e. The third-order valence-corrected chi connectivity index (χ3v) is 3.66. The second kappa shape index (κ2) is 6.63. The fraction of sp³-hybridized carbons (Fsp3) is 0.188. The summed E-state index contributed by atoms with van der Waals surface area (Å²) < 4.78 is 0.831. The number of hydrogen-bond acceptors (Lipinski definition) is 3. The number of nitrogens with one attached hydrogen (secondary N) is 1. The summed E-state index contributed by atoms with van der Waals surface area (Å²) in [6.07, 6.45) is 0. The second-order valence-electron chi connectivity index (χ2n) is 4.98. The number of nitrogens with two attached hydrogens (primary N) is 1. The van der Waals surface area contributed by atoms with E-state index < -0.39 is 0 Å². The molecule has 0 atom stereocenters. The van der Waals surface area contributed by atoms with Gasteiger partial charge in [-0.3, -0.25) is 4.79 Å². The number of carbonyl (C=O) groups excluding carboxylic acids is 1. The third-order valence-electron chi connectivity index (χ3n) is 3.17. The predicted molar refractivity (Wildman–Crippen MR) is 90.5 cm³/mol. The Hall–Kier alpha value is -2.01. The Bertz CT molecular complexity index is 638. The summed E-state index contributed by atoms with van der Waals surface area (Å²) in [5.74, 6) is -0.175. The molecule has 2 aromatic carbocycles. The Morgan fingerprint density at radius 1 is 1.19 bits per heavy atom. The van der Waals surface area contributed by atoms with Gasteiger partial charge in [0, 0.05) is 36.5 Å². The zero-order valence-electron chi connectivity index (χ0n) is 12.1. The van der Waals surface area contributed by atoms with Gasteiger partial charge in [-0.2, -0.15) is 0 Å². The second-order valence-corrected chi connectivity index (χ2v) is 5.89. The molecule has 0 saturated carbocycles. The number of nitrogen functional groups attached to an aromatic ring is 1. The van der Waals surface area contributed by atoms with Crippen LogP contribution in [0.5, 0.6) is 0 Å². The molecule has 5 heteroatoms. The Morgan fingerprint density at radius 2 is 1.86 bits per heavy atom. The molecule has 0 aliphatic rings. The van der Waals surface area contributed by atoms with Crippen LogP contribution in [-0.4, -0.2) is 20.0 Å². The molecule has 0 bridgehead atoms. The van der Waals surface area contributed by atoms with Crippen molar-refractivity contribution in [3.63, 3.8) is 0 Å². The molecule has 21 heavy (non-hydrogen) atoms. The highest BCUT2D eigenvalue weighted by Crippen LogP contribution is 2.18.